The lowest BCUT2D eigenvalue weighted by Crippen LogP contribution is -2.03. The van der Waals surface area contributed by atoms with Crippen LogP contribution < -0.4 is 0 Å². The number of rotatable bonds is 4. The molecule has 2 rings (SSSR count). The zero-order chi connectivity index (χ0) is 14.0. The van der Waals surface area contributed by atoms with Crippen LogP contribution in [-0.4, -0.2) is 31.6 Å². The molecule has 0 saturated carbocycles. The molecule has 0 unspecified atom stereocenters. The maximum atomic E-state index is 13.1. The Kier molecular flexibility index (Phi) is 4.06. The van der Waals surface area contributed by atoms with Gasteiger partial charge in [0.2, 0.25) is 0 Å². The lowest BCUT2D eigenvalue weighted by Gasteiger charge is -2.08. The largest absolute Gasteiger partial charge is 0.481 e. The quantitative estimate of drug-likeness (QED) is 0.879. The molecule has 0 aliphatic rings. The maximum absolute atomic E-state index is 13.1. The topological polar surface area (TPSA) is 68.0 Å². The second kappa shape index (κ2) is 5.58. The summed E-state index contributed by atoms with van der Waals surface area (Å²) in [4.78, 5) is 10.6. The van der Waals surface area contributed by atoms with Crippen molar-refractivity contribution >= 4 is 29.3 Å². The van der Waals surface area contributed by atoms with Gasteiger partial charge in [-0.15, -0.1) is 10.2 Å². The van der Waals surface area contributed by atoms with E-state index in [4.69, 9.17) is 16.7 Å². The molecule has 0 bridgehead atoms. The molecule has 0 radical (unpaired) electrons. The van der Waals surface area contributed by atoms with Crippen LogP contribution in [-0.2, 0) is 4.79 Å². The van der Waals surface area contributed by atoms with Gasteiger partial charge in [-0.1, -0.05) is 23.4 Å². The summed E-state index contributed by atoms with van der Waals surface area (Å²) < 4.78 is 14.8. The number of carboxylic acid groups (broad SMARTS) is 1. The summed E-state index contributed by atoms with van der Waals surface area (Å²) in [7, 11) is 0. The molecule has 2 aromatic rings. The summed E-state index contributed by atoms with van der Waals surface area (Å²) >= 11 is 6.77. The Morgan fingerprint density at radius 3 is 2.89 bits per heavy atom. The molecule has 0 fully saturated rings. The highest BCUT2D eigenvalue weighted by Gasteiger charge is 2.14. The zero-order valence-electron chi connectivity index (χ0n) is 9.80. The van der Waals surface area contributed by atoms with Crippen LogP contribution in [0.5, 0.6) is 0 Å². The Bertz CT molecular complexity index is 632. The van der Waals surface area contributed by atoms with E-state index in [9.17, 15) is 9.18 Å². The highest BCUT2D eigenvalue weighted by atomic mass is 35.5. The van der Waals surface area contributed by atoms with Crippen LogP contribution in [0.25, 0.3) is 5.69 Å². The second-order valence-corrected chi connectivity index (χ2v) is 5.00. The van der Waals surface area contributed by atoms with E-state index in [2.05, 4.69) is 10.2 Å². The van der Waals surface area contributed by atoms with Crippen LogP contribution in [0.3, 0.4) is 0 Å². The molecule has 1 aromatic heterocycles. The average Bonchev–Trinajstić information content (AvgIpc) is 2.71. The van der Waals surface area contributed by atoms with E-state index >= 15 is 0 Å². The van der Waals surface area contributed by atoms with E-state index in [0.29, 0.717) is 16.7 Å². The Morgan fingerprint density at radius 2 is 2.26 bits per heavy atom. The molecule has 19 heavy (non-hydrogen) atoms. The summed E-state index contributed by atoms with van der Waals surface area (Å²) in [6, 6.07) is 4.21. The van der Waals surface area contributed by atoms with Gasteiger partial charge in [-0.3, -0.25) is 9.36 Å². The average molecular weight is 302 g/mol. The summed E-state index contributed by atoms with van der Waals surface area (Å²) in [5.41, 5.74) is 0.585. The highest BCUT2D eigenvalue weighted by molar-refractivity contribution is 7.99. The predicted octanol–water partition coefficient (Wildman–Crippen LogP) is 2.54. The first-order valence-corrected chi connectivity index (χ1v) is 6.57. The molecule has 0 atom stereocenters. The Morgan fingerprint density at radius 1 is 1.53 bits per heavy atom. The number of hydrogen-bond donors (Lipinski definition) is 1. The van der Waals surface area contributed by atoms with Crippen LogP contribution in [0, 0.1) is 12.7 Å². The Balaban J connectivity index is 2.40. The van der Waals surface area contributed by atoms with Crippen molar-refractivity contribution in [3.63, 3.8) is 0 Å². The normalized spacial score (nSPS) is 10.7. The van der Waals surface area contributed by atoms with Crippen molar-refractivity contribution in [2.75, 3.05) is 5.75 Å². The fraction of sp³-hybridized carbons (Fsp3) is 0.182. The molecule has 100 valence electrons. The fourth-order valence-corrected chi connectivity index (χ4v) is 2.38. The third kappa shape index (κ3) is 3.05. The van der Waals surface area contributed by atoms with Crippen molar-refractivity contribution in [3.8, 4) is 5.69 Å². The van der Waals surface area contributed by atoms with Gasteiger partial charge in [0.1, 0.15) is 11.6 Å². The van der Waals surface area contributed by atoms with E-state index < -0.39 is 11.8 Å². The van der Waals surface area contributed by atoms with Crippen molar-refractivity contribution in [1.29, 1.82) is 0 Å². The van der Waals surface area contributed by atoms with Gasteiger partial charge < -0.3 is 5.11 Å². The third-order valence-electron chi connectivity index (χ3n) is 2.28. The lowest BCUT2D eigenvalue weighted by atomic mass is 10.3. The standard InChI is InChI=1S/C11H9ClFN3O2S/c1-6-14-15-11(19-5-10(17)18)16(6)7-2-3-9(13)8(12)4-7/h2-4H,5H2,1H3,(H,17,18). The van der Waals surface area contributed by atoms with Gasteiger partial charge >= 0.3 is 5.97 Å². The summed E-state index contributed by atoms with van der Waals surface area (Å²) in [5.74, 6) is -1.03. The van der Waals surface area contributed by atoms with Gasteiger partial charge in [-0.05, 0) is 25.1 Å². The number of aryl methyl sites for hydroxylation is 1. The molecule has 8 heteroatoms. The predicted molar refractivity (Wildman–Crippen MR) is 69.4 cm³/mol. The van der Waals surface area contributed by atoms with Crippen LogP contribution in [0.4, 0.5) is 4.39 Å². The minimum absolute atomic E-state index is 0.0141. The Hall–Kier alpha value is -1.60. The Labute approximate surface area is 117 Å². The van der Waals surface area contributed by atoms with Gasteiger partial charge in [-0.25, -0.2) is 4.39 Å². The molecule has 5 nitrogen and oxygen atoms in total. The van der Waals surface area contributed by atoms with Crippen molar-refractivity contribution in [2.24, 2.45) is 0 Å². The highest BCUT2D eigenvalue weighted by Crippen LogP contribution is 2.24. The molecule has 0 aliphatic carbocycles. The van der Waals surface area contributed by atoms with Crippen molar-refractivity contribution in [1.82, 2.24) is 14.8 Å². The first-order chi connectivity index (χ1) is 8.99. The molecule has 0 amide bonds. The maximum Gasteiger partial charge on any atom is 0.313 e. The number of carbonyl (C=O) groups is 1. The molecule has 1 N–H and O–H groups in total. The smallest absolute Gasteiger partial charge is 0.313 e. The summed E-state index contributed by atoms with van der Waals surface area (Å²) in [6.07, 6.45) is 0. The monoisotopic (exact) mass is 301 g/mol. The molecular weight excluding hydrogens is 293 g/mol. The molecular formula is C11H9ClFN3O2S. The number of nitrogens with zero attached hydrogens (tertiary/aromatic N) is 3. The van der Waals surface area contributed by atoms with Gasteiger partial charge in [0, 0.05) is 0 Å². The van der Waals surface area contributed by atoms with Crippen molar-refractivity contribution < 1.29 is 14.3 Å². The molecule has 1 heterocycles. The second-order valence-electron chi connectivity index (χ2n) is 3.65. The molecule has 0 spiro atoms. The van der Waals surface area contributed by atoms with Crippen molar-refractivity contribution in [2.45, 2.75) is 12.1 Å². The number of hydrogen-bond acceptors (Lipinski definition) is 4. The van der Waals surface area contributed by atoms with Crippen LogP contribution in [0.15, 0.2) is 23.4 Å². The van der Waals surface area contributed by atoms with Gasteiger partial charge in [0.15, 0.2) is 5.16 Å². The molecule has 0 aliphatic heterocycles. The van der Waals surface area contributed by atoms with E-state index in [-0.39, 0.29) is 10.8 Å². The number of benzene rings is 1. The minimum atomic E-state index is -0.950. The number of aliphatic carboxylic acids is 1. The van der Waals surface area contributed by atoms with Gasteiger partial charge in [0.05, 0.1) is 16.5 Å². The number of thioether (sulfide) groups is 1. The number of aromatic nitrogens is 3. The van der Waals surface area contributed by atoms with E-state index in [1.807, 2.05) is 0 Å². The molecule has 0 saturated heterocycles. The van der Waals surface area contributed by atoms with E-state index in [0.717, 1.165) is 11.8 Å². The lowest BCUT2D eigenvalue weighted by molar-refractivity contribution is -0.133. The summed E-state index contributed by atoms with van der Waals surface area (Å²) in [5, 5.41) is 16.9. The SMILES string of the molecule is Cc1nnc(SCC(=O)O)n1-c1ccc(F)c(Cl)c1. The van der Waals surface area contributed by atoms with Crippen LogP contribution >= 0.6 is 23.4 Å². The summed E-state index contributed by atoms with van der Waals surface area (Å²) in [6.45, 7) is 1.72. The fourth-order valence-electron chi connectivity index (χ4n) is 1.48. The first kappa shape index (κ1) is 13.8. The van der Waals surface area contributed by atoms with Crippen molar-refractivity contribution in [3.05, 3.63) is 34.9 Å². The number of carboxylic acids is 1. The first-order valence-electron chi connectivity index (χ1n) is 5.21. The van der Waals surface area contributed by atoms with Crippen LogP contribution in [0.1, 0.15) is 5.82 Å². The van der Waals surface area contributed by atoms with E-state index in [1.54, 1.807) is 11.5 Å². The third-order valence-corrected chi connectivity index (χ3v) is 3.48. The van der Waals surface area contributed by atoms with E-state index in [1.165, 1.54) is 18.2 Å². The minimum Gasteiger partial charge on any atom is -0.481 e. The molecule has 1 aromatic carbocycles. The van der Waals surface area contributed by atoms with Gasteiger partial charge in [0.25, 0.3) is 0 Å². The van der Waals surface area contributed by atoms with Gasteiger partial charge in [-0.2, -0.15) is 0 Å². The zero-order valence-corrected chi connectivity index (χ0v) is 11.4. The number of halogens is 2. The van der Waals surface area contributed by atoms with Crippen LogP contribution in [0.2, 0.25) is 5.02 Å².